The summed E-state index contributed by atoms with van der Waals surface area (Å²) in [7, 11) is -3.14. The normalized spacial score (nSPS) is 25.4. The van der Waals surface area contributed by atoms with Gasteiger partial charge in [-0.25, -0.2) is 12.8 Å². The molecule has 1 amide bonds. The molecule has 2 heterocycles. The summed E-state index contributed by atoms with van der Waals surface area (Å²) in [6, 6.07) is 2.00. The molecule has 0 saturated carbocycles. The van der Waals surface area contributed by atoms with Crippen LogP contribution >= 0.6 is 11.6 Å². The van der Waals surface area contributed by atoms with Crippen LogP contribution in [-0.2, 0) is 14.6 Å². The number of hydrogen-bond acceptors (Lipinski definition) is 5. The van der Waals surface area contributed by atoms with E-state index in [1.807, 2.05) is 0 Å². The number of nitrogens with one attached hydrogen (secondary N) is 1. The average Bonchev–Trinajstić information content (AvgIpc) is 2.85. The van der Waals surface area contributed by atoms with Gasteiger partial charge in [0.15, 0.2) is 16.4 Å². The second kappa shape index (κ2) is 6.50. The van der Waals surface area contributed by atoms with E-state index in [9.17, 15) is 17.6 Å². The maximum Gasteiger partial charge on any atom is 0.260 e. The van der Waals surface area contributed by atoms with Crippen molar-refractivity contribution in [3.05, 3.63) is 28.5 Å². The molecule has 6 nitrogen and oxygen atoms in total. The lowest BCUT2D eigenvalue weighted by Gasteiger charge is -2.37. The molecule has 0 bridgehead atoms. The first-order valence-corrected chi connectivity index (χ1v) is 9.79. The molecule has 0 aromatic heterocycles. The molecule has 0 spiro atoms. The fourth-order valence-electron chi connectivity index (χ4n) is 3.15. The quantitative estimate of drug-likeness (QED) is 0.843. The average molecular weight is 377 g/mol. The van der Waals surface area contributed by atoms with Gasteiger partial charge in [0.2, 0.25) is 0 Å². The van der Waals surface area contributed by atoms with E-state index in [1.165, 1.54) is 19.1 Å². The molecule has 2 saturated heterocycles. The number of benzene rings is 1. The van der Waals surface area contributed by atoms with Crippen LogP contribution in [0.15, 0.2) is 12.1 Å². The van der Waals surface area contributed by atoms with Crippen LogP contribution in [0, 0.1) is 12.7 Å². The number of hydrogen-bond donors (Lipinski definition) is 1. The zero-order valence-electron chi connectivity index (χ0n) is 13.1. The SMILES string of the molecule is Cc1c(F)ccc(OCC(=O)N2CCN[C@H]3CS(=O)(=O)C[C@H]32)c1Cl. The Labute approximate surface area is 144 Å². The molecule has 0 radical (unpaired) electrons. The van der Waals surface area contributed by atoms with Gasteiger partial charge in [0.1, 0.15) is 11.6 Å². The molecule has 1 aromatic rings. The van der Waals surface area contributed by atoms with Crippen LogP contribution in [0.25, 0.3) is 0 Å². The molecule has 3 rings (SSSR count). The van der Waals surface area contributed by atoms with E-state index in [-0.39, 0.29) is 52.4 Å². The van der Waals surface area contributed by atoms with Crippen LogP contribution in [0.4, 0.5) is 4.39 Å². The minimum Gasteiger partial charge on any atom is -0.482 e. The van der Waals surface area contributed by atoms with Gasteiger partial charge < -0.3 is 15.0 Å². The fraction of sp³-hybridized carbons (Fsp3) is 0.533. The van der Waals surface area contributed by atoms with E-state index >= 15 is 0 Å². The van der Waals surface area contributed by atoms with Crippen molar-refractivity contribution in [1.29, 1.82) is 0 Å². The van der Waals surface area contributed by atoms with Crippen LogP contribution in [0.2, 0.25) is 5.02 Å². The molecular weight excluding hydrogens is 359 g/mol. The number of sulfone groups is 1. The second-order valence-electron chi connectivity index (χ2n) is 6.07. The van der Waals surface area contributed by atoms with E-state index in [1.54, 1.807) is 4.90 Å². The highest BCUT2D eigenvalue weighted by molar-refractivity contribution is 7.91. The maximum absolute atomic E-state index is 13.4. The minimum absolute atomic E-state index is 0.0349. The summed E-state index contributed by atoms with van der Waals surface area (Å²) in [4.78, 5) is 14.0. The third-order valence-electron chi connectivity index (χ3n) is 4.44. The Bertz CT molecular complexity index is 771. The van der Waals surface area contributed by atoms with Crippen LogP contribution in [0.1, 0.15) is 5.56 Å². The van der Waals surface area contributed by atoms with Crippen LogP contribution in [0.3, 0.4) is 0 Å². The highest BCUT2D eigenvalue weighted by atomic mass is 35.5. The van der Waals surface area contributed by atoms with Crippen molar-refractivity contribution in [2.24, 2.45) is 0 Å². The van der Waals surface area contributed by atoms with E-state index in [2.05, 4.69) is 5.32 Å². The molecule has 2 atom stereocenters. The monoisotopic (exact) mass is 376 g/mol. The summed E-state index contributed by atoms with van der Waals surface area (Å²) in [5, 5.41) is 3.27. The summed E-state index contributed by atoms with van der Waals surface area (Å²) < 4.78 is 42.4. The largest absolute Gasteiger partial charge is 0.482 e. The zero-order chi connectivity index (χ0) is 17.5. The lowest BCUT2D eigenvalue weighted by molar-refractivity contribution is -0.136. The number of carbonyl (C=O) groups is 1. The Morgan fingerprint density at radius 1 is 1.46 bits per heavy atom. The predicted octanol–water partition coefficient (Wildman–Crippen LogP) is 0.764. The Morgan fingerprint density at radius 3 is 2.96 bits per heavy atom. The number of carbonyl (C=O) groups excluding carboxylic acids is 1. The van der Waals surface area contributed by atoms with Gasteiger partial charge in [0.05, 0.1) is 22.6 Å². The summed E-state index contributed by atoms with van der Waals surface area (Å²) in [5.41, 5.74) is 0.255. The molecule has 2 aliphatic rings. The van der Waals surface area contributed by atoms with Crippen LogP contribution < -0.4 is 10.1 Å². The molecule has 24 heavy (non-hydrogen) atoms. The molecule has 0 unspecified atom stereocenters. The Hall–Kier alpha value is -1.38. The van der Waals surface area contributed by atoms with Gasteiger partial charge in [-0.2, -0.15) is 0 Å². The van der Waals surface area contributed by atoms with Gasteiger partial charge >= 0.3 is 0 Å². The smallest absolute Gasteiger partial charge is 0.260 e. The second-order valence-corrected chi connectivity index (χ2v) is 8.60. The highest BCUT2D eigenvalue weighted by Gasteiger charge is 2.44. The third kappa shape index (κ3) is 3.36. The van der Waals surface area contributed by atoms with Gasteiger partial charge in [0, 0.05) is 24.7 Å². The van der Waals surface area contributed by atoms with E-state index < -0.39 is 15.7 Å². The third-order valence-corrected chi connectivity index (χ3v) is 6.62. The van der Waals surface area contributed by atoms with E-state index in [0.29, 0.717) is 13.1 Å². The fourth-order valence-corrected chi connectivity index (χ4v) is 5.31. The van der Waals surface area contributed by atoms with Gasteiger partial charge in [-0.05, 0) is 19.1 Å². The van der Waals surface area contributed by atoms with Crippen molar-refractivity contribution in [2.45, 2.75) is 19.0 Å². The molecular formula is C15H18ClFN2O4S. The highest BCUT2D eigenvalue weighted by Crippen LogP contribution is 2.29. The lowest BCUT2D eigenvalue weighted by atomic mass is 10.1. The first-order valence-electron chi connectivity index (χ1n) is 7.59. The standard InChI is InChI=1S/C15H18ClFN2O4S/c1-9-10(17)2-3-13(15(9)16)23-6-14(20)19-5-4-18-11-7-24(21,22)8-12(11)19/h2-3,11-12,18H,4-8H2,1H3/t11-,12+/m0/s1. The van der Waals surface area contributed by atoms with Crippen LogP contribution in [0.5, 0.6) is 5.75 Å². The molecule has 2 fully saturated rings. The van der Waals surface area contributed by atoms with Gasteiger partial charge in [0.25, 0.3) is 5.91 Å². The van der Waals surface area contributed by atoms with Crippen molar-refractivity contribution >= 4 is 27.3 Å². The lowest BCUT2D eigenvalue weighted by Crippen LogP contribution is -2.59. The van der Waals surface area contributed by atoms with Crippen molar-refractivity contribution in [3.8, 4) is 5.75 Å². The van der Waals surface area contributed by atoms with E-state index in [0.717, 1.165) is 0 Å². The number of halogens is 2. The van der Waals surface area contributed by atoms with Crippen molar-refractivity contribution in [3.63, 3.8) is 0 Å². The molecule has 1 aromatic carbocycles. The minimum atomic E-state index is -3.14. The van der Waals surface area contributed by atoms with Crippen LogP contribution in [-0.4, -0.2) is 62.5 Å². The van der Waals surface area contributed by atoms with Gasteiger partial charge in [-0.3, -0.25) is 4.79 Å². The summed E-state index contributed by atoms with van der Waals surface area (Å²) in [6.45, 7) is 2.22. The Morgan fingerprint density at radius 2 is 2.21 bits per heavy atom. The number of ether oxygens (including phenoxy) is 1. The molecule has 1 N–H and O–H groups in total. The molecule has 9 heteroatoms. The predicted molar refractivity (Wildman–Crippen MR) is 87.6 cm³/mol. The molecule has 2 aliphatic heterocycles. The van der Waals surface area contributed by atoms with E-state index in [4.69, 9.17) is 16.3 Å². The number of rotatable bonds is 3. The summed E-state index contributed by atoms with van der Waals surface area (Å²) in [6.07, 6.45) is 0. The zero-order valence-corrected chi connectivity index (χ0v) is 14.7. The molecule has 0 aliphatic carbocycles. The van der Waals surface area contributed by atoms with Crippen molar-refractivity contribution in [1.82, 2.24) is 10.2 Å². The van der Waals surface area contributed by atoms with Gasteiger partial charge in [-0.1, -0.05) is 11.6 Å². The summed E-state index contributed by atoms with van der Waals surface area (Å²) in [5.74, 6) is -0.506. The first-order chi connectivity index (χ1) is 11.3. The maximum atomic E-state index is 13.4. The first kappa shape index (κ1) is 17.4. The number of fused-ring (bicyclic) bond motifs is 1. The Balaban J connectivity index is 1.68. The topological polar surface area (TPSA) is 75.7 Å². The number of amides is 1. The number of nitrogens with zero attached hydrogens (tertiary/aromatic N) is 1. The van der Waals surface area contributed by atoms with Crippen molar-refractivity contribution < 1.29 is 22.3 Å². The Kier molecular flexibility index (Phi) is 4.72. The van der Waals surface area contributed by atoms with Gasteiger partial charge in [-0.15, -0.1) is 0 Å². The van der Waals surface area contributed by atoms with Crippen molar-refractivity contribution in [2.75, 3.05) is 31.2 Å². The molecule has 132 valence electrons. The number of piperazine rings is 1. The summed E-state index contributed by atoms with van der Waals surface area (Å²) >= 11 is 6.02.